The number of sulfonamides is 1. The van der Waals surface area contributed by atoms with Crippen LogP contribution in [0.5, 0.6) is 5.75 Å². The number of amides is 2. The number of nitrogens with zero attached hydrogens (tertiary/aromatic N) is 2. The number of aryl methyl sites for hydroxylation is 1. The number of hydrogen-bond donors (Lipinski definition) is 1. The van der Waals surface area contributed by atoms with Gasteiger partial charge < -0.3 is 15.0 Å². The van der Waals surface area contributed by atoms with Crippen molar-refractivity contribution in [1.82, 2.24) is 10.2 Å². The predicted octanol–water partition coefficient (Wildman–Crippen LogP) is 5.31. The van der Waals surface area contributed by atoms with E-state index < -0.39 is 28.5 Å². The maximum Gasteiger partial charge on any atom is 0.264 e. The lowest BCUT2D eigenvalue weighted by atomic mass is 10.1. The predicted molar refractivity (Wildman–Crippen MR) is 162 cm³/mol. The van der Waals surface area contributed by atoms with Crippen LogP contribution in [0.2, 0.25) is 0 Å². The summed E-state index contributed by atoms with van der Waals surface area (Å²) in [5.74, 6) is -0.402. The fourth-order valence-electron chi connectivity index (χ4n) is 4.61. The van der Waals surface area contributed by atoms with E-state index in [9.17, 15) is 18.0 Å². The molecule has 3 rings (SSSR count). The summed E-state index contributed by atoms with van der Waals surface area (Å²) in [6.07, 6.45) is 2.12. The molecule has 8 nitrogen and oxygen atoms in total. The topological polar surface area (TPSA) is 96.0 Å². The van der Waals surface area contributed by atoms with Gasteiger partial charge in [-0.25, -0.2) is 8.42 Å². The summed E-state index contributed by atoms with van der Waals surface area (Å²) in [6, 6.07) is 21.7. The van der Waals surface area contributed by atoms with Crippen molar-refractivity contribution in [1.29, 1.82) is 0 Å². The number of carbonyl (C=O) groups is 2. The van der Waals surface area contributed by atoms with Crippen molar-refractivity contribution >= 4 is 27.5 Å². The van der Waals surface area contributed by atoms with Crippen LogP contribution < -0.4 is 14.4 Å². The molecule has 0 heterocycles. The van der Waals surface area contributed by atoms with Gasteiger partial charge in [-0.15, -0.1) is 0 Å². The largest absolute Gasteiger partial charge is 0.492 e. The SMILES string of the molecule is CCCCNC(=O)C(CC)N(Cc1cccc(C)c1)C(=O)CN(c1ccccc1OCC)S(=O)(=O)c1ccccc1. The van der Waals surface area contributed by atoms with Crippen molar-refractivity contribution in [3.05, 3.63) is 90.0 Å². The molecular weight excluding hydrogens is 538 g/mol. The number of carbonyl (C=O) groups excluding carboxylic acids is 2. The number of para-hydroxylation sites is 2. The first-order valence-electron chi connectivity index (χ1n) is 14.1. The highest BCUT2D eigenvalue weighted by Gasteiger charge is 2.34. The summed E-state index contributed by atoms with van der Waals surface area (Å²) >= 11 is 0. The molecule has 0 saturated heterocycles. The van der Waals surface area contributed by atoms with E-state index in [1.807, 2.05) is 52.0 Å². The summed E-state index contributed by atoms with van der Waals surface area (Å²) in [6.45, 7) is 8.14. The molecule has 0 aromatic heterocycles. The number of hydrogen-bond acceptors (Lipinski definition) is 5. The Morgan fingerprint density at radius 2 is 1.63 bits per heavy atom. The van der Waals surface area contributed by atoms with Crippen LogP contribution in [0.25, 0.3) is 0 Å². The Hall–Kier alpha value is -3.85. The number of rotatable bonds is 15. The molecule has 1 unspecified atom stereocenters. The van der Waals surface area contributed by atoms with Crippen molar-refractivity contribution in [2.24, 2.45) is 0 Å². The Morgan fingerprint density at radius 3 is 2.29 bits per heavy atom. The lowest BCUT2D eigenvalue weighted by Gasteiger charge is -2.33. The summed E-state index contributed by atoms with van der Waals surface area (Å²) in [4.78, 5) is 29.0. The monoisotopic (exact) mass is 579 g/mol. The van der Waals surface area contributed by atoms with Gasteiger partial charge in [-0.05, 0) is 56.5 Å². The molecular formula is C32H41N3O5S. The molecule has 0 aliphatic carbocycles. The van der Waals surface area contributed by atoms with Gasteiger partial charge in [0, 0.05) is 13.1 Å². The zero-order valence-corrected chi connectivity index (χ0v) is 25.2. The third-order valence-corrected chi connectivity index (χ3v) is 8.47. The maximum absolute atomic E-state index is 14.2. The fraction of sp³-hybridized carbons (Fsp3) is 0.375. The van der Waals surface area contributed by atoms with Gasteiger partial charge in [0.25, 0.3) is 10.0 Å². The lowest BCUT2D eigenvalue weighted by molar-refractivity contribution is -0.140. The van der Waals surface area contributed by atoms with E-state index in [4.69, 9.17) is 4.74 Å². The average Bonchev–Trinajstić information content (AvgIpc) is 2.97. The molecule has 3 aromatic carbocycles. The zero-order valence-electron chi connectivity index (χ0n) is 24.4. The normalized spacial score (nSPS) is 11.9. The third-order valence-electron chi connectivity index (χ3n) is 6.69. The second-order valence-corrected chi connectivity index (χ2v) is 11.7. The van der Waals surface area contributed by atoms with Crippen LogP contribution in [0.15, 0.2) is 83.8 Å². The quantitative estimate of drug-likeness (QED) is 0.246. The van der Waals surface area contributed by atoms with Gasteiger partial charge in [-0.3, -0.25) is 13.9 Å². The number of nitrogens with one attached hydrogen (secondary N) is 1. The minimum atomic E-state index is -4.17. The molecule has 0 fully saturated rings. The minimum Gasteiger partial charge on any atom is -0.492 e. The Labute approximate surface area is 244 Å². The van der Waals surface area contributed by atoms with Crippen molar-refractivity contribution in [2.45, 2.75) is 64.4 Å². The van der Waals surface area contributed by atoms with Gasteiger partial charge in [0.2, 0.25) is 11.8 Å². The molecule has 1 atom stereocenters. The highest BCUT2D eigenvalue weighted by Crippen LogP contribution is 2.33. The molecule has 0 radical (unpaired) electrons. The molecule has 2 amide bonds. The molecule has 3 aromatic rings. The molecule has 9 heteroatoms. The highest BCUT2D eigenvalue weighted by molar-refractivity contribution is 7.92. The lowest BCUT2D eigenvalue weighted by Crippen LogP contribution is -2.52. The summed E-state index contributed by atoms with van der Waals surface area (Å²) in [5.41, 5.74) is 2.13. The second kappa shape index (κ2) is 15.2. The molecule has 220 valence electrons. The van der Waals surface area contributed by atoms with E-state index in [2.05, 4.69) is 5.32 Å². The number of anilines is 1. The van der Waals surface area contributed by atoms with Crippen molar-refractivity contribution in [3.63, 3.8) is 0 Å². The van der Waals surface area contributed by atoms with Gasteiger partial charge in [0.05, 0.1) is 17.2 Å². The first kappa shape index (κ1) is 31.7. The van der Waals surface area contributed by atoms with E-state index in [0.717, 1.165) is 28.3 Å². The van der Waals surface area contributed by atoms with Crippen molar-refractivity contribution in [2.75, 3.05) is 24.0 Å². The number of benzene rings is 3. The Balaban J connectivity index is 2.07. The maximum atomic E-state index is 14.2. The minimum absolute atomic E-state index is 0.0497. The standard InChI is InChI=1S/C32H41N3O5S/c1-5-8-21-33-32(37)28(6-2)34(23-26-16-14-15-25(4)22-26)31(36)24-35(29-19-12-13-20-30(29)40-7-3)41(38,39)27-17-10-9-11-18-27/h9-20,22,28H,5-8,21,23-24H2,1-4H3,(H,33,37). The second-order valence-electron chi connectivity index (χ2n) is 9.80. The Bertz CT molecular complexity index is 1400. The van der Waals surface area contributed by atoms with Crippen LogP contribution >= 0.6 is 0 Å². The first-order chi connectivity index (χ1) is 19.7. The van der Waals surface area contributed by atoms with Crippen LogP contribution in [0.1, 0.15) is 51.2 Å². The molecule has 0 saturated carbocycles. The van der Waals surface area contributed by atoms with Gasteiger partial charge >= 0.3 is 0 Å². The van der Waals surface area contributed by atoms with E-state index in [-0.39, 0.29) is 23.0 Å². The Kier molecular flexibility index (Phi) is 11.8. The van der Waals surface area contributed by atoms with Gasteiger partial charge in [0.1, 0.15) is 18.3 Å². The van der Waals surface area contributed by atoms with E-state index in [1.54, 1.807) is 42.5 Å². The van der Waals surface area contributed by atoms with Gasteiger partial charge in [0.15, 0.2) is 0 Å². The summed E-state index contributed by atoms with van der Waals surface area (Å²) < 4.78 is 34.9. The van der Waals surface area contributed by atoms with E-state index >= 15 is 0 Å². The van der Waals surface area contributed by atoms with Crippen LogP contribution in [-0.4, -0.2) is 50.9 Å². The molecule has 0 bridgehead atoms. The Morgan fingerprint density at radius 1 is 0.927 bits per heavy atom. The summed E-state index contributed by atoms with van der Waals surface area (Å²) in [7, 11) is -4.17. The summed E-state index contributed by atoms with van der Waals surface area (Å²) in [5, 5.41) is 2.95. The molecule has 0 aliphatic heterocycles. The molecule has 0 spiro atoms. The van der Waals surface area contributed by atoms with Gasteiger partial charge in [-0.2, -0.15) is 0 Å². The van der Waals surface area contributed by atoms with Crippen LogP contribution in [0.3, 0.4) is 0 Å². The smallest absolute Gasteiger partial charge is 0.264 e. The van der Waals surface area contributed by atoms with Gasteiger partial charge in [-0.1, -0.05) is 80.4 Å². The van der Waals surface area contributed by atoms with Crippen LogP contribution in [-0.2, 0) is 26.2 Å². The van der Waals surface area contributed by atoms with Crippen LogP contribution in [0, 0.1) is 6.92 Å². The molecule has 41 heavy (non-hydrogen) atoms. The van der Waals surface area contributed by atoms with E-state index in [1.165, 1.54) is 17.0 Å². The molecule has 0 aliphatic rings. The zero-order chi connectivity index (χ0) is 29.8. The van der Waals surface area contributed by atoms with E-state index in [0.29, 0.717) is 25.3 Å². The third kappa shape index (κ3) is 8.33. The first-order valence-corrected chi connectivity index (χ1v) is 15.6. The average molecular weight is 580 g/mol. The van der Waals surface area contributed by atoms with Crippen molar-refractivity contribution in [3.8, 4) is 5.75 Å². The van der Waals surface area contributed by atoms with Crippen molar-refractivity contribution < 1.29 is 22.7 Å². The molecule has 1 N–H and O–H groups in total. The number of ether oxygens (including phenoxy) is 1. The van der Waals surface area contributed by atoms with Crippen LogP contribution in [0.4, 0.5) is 5.69 Å². The fourth-order valence-corrected chi connectivity index (χ4v) is 6.05. The number of unbranched alkanes of at least 4 members (excludes halogenated alkanes) is 1. The highest BCUT2D eigenvalue weighted by atomic mass is 32.2.